The van der Waals surface area contributed by atoms with E-state index in [9.17, 15) is 4.79 Å². The minimum Gasteiger partial charge on any atom is -0.267 e. The van der Waals surface area contributed by atoms with Crippen molar-refractivity contribution in [2.75, 3.05) is 0 Å². The molecular weight excluding hydrogens is 248 g/mol. The van der Waals surface area contributed by atoms with Crippen LogP contribution in [-0.4, -0.2) is 12.1 Å². The normalized spacial score (nSPS) is 12.3. The summed E-state index contributed by atoms with van der Waals surface area (Å²) in [6.07, 6.45) is 1.74. The van der Waals surface area contributed by atoms with Crippen LogP contribution in [0.5, 0.6) is 0 Å². The maximum absolute atomic E-state index is 11.8. The smallest absolute Gasteiger partial charge is 0.267 e. The summed E-state index contributed by atoms with van der Waals surface area (Å²) < 4.78 is 0. The Hall–Kier alpha value is -2.42. The number of aryl methyl sites for hydroxylation is 1. The van der Waals surface area contributed by atoms with Crippen molar-refractivity contribution < 1.29 is 4.79 Å². The Bertz CT molecular complexity index is 588. The van der Waals surface area contributed by atoms with E-state index >= 15 is 0 Å². The van der Waals surface area contributed by atoms with Crippen molar-refractivity contribution in [2.24, 2.45) is 5.10 Å². The fourth-order valence-electron chi connectivity index (χ4n) is 1.82. The van der Waals surface area contributed by atoms with E-state index in [1.54, 1.807) is 18.3 Å². The largest absolute Gasteiger partial charge is 0.271 e. The van der Waals surface area contributed by atoms with Gasteiger partial charge < -0.3 is 0 Å². The highest BCUT2D eigenvalue weighted by Crippen LogP contribution is 2.11. The van der Waals surface area contributed by atoms with Crippen LogP contribution >= 0.6 is 0 Å². The van der Waals surface area contributed by atoms with E-state index in [0.29, 0.717) is 5.56 Å². The molecule has 0 unspecified atom stereocenters. The van der Waals surface area contributed by atoms with E-state index in [4.69, 9.17) is 0 Å². The molecule has 0 saturated heterocycles. The van der Waals surface area contributed by atoms with Crippen LogP contribution in [0, 0.1) is 6.92 Å². The fourth-order valence-corrected chi connectivity index (χ4v) is 1.82. The van der Waals surface area contributed by atoms with Gasteiger partial charge in [-0.05, 0) is 24.6 Å². The summed E-state index contributed by atoms with van der Waals surface area (Å²) in [7, 11) is 0. The van der Waals surface area contributed by atoms with Crippen molar-refractivity contribution in [3.63, 3.8) is 0 Å². The Kier molecular flexibility index (Phi) is 4.66. The summed E-state index contributed by atoms with van der Waals surface area (Å²) in [5.41, 5.74) is 5.46. The minimum absolute atomic E-state index is 0.162. The van der Waals surface area contributed by atoms with Crippen LogP contribution in [0.2, 0.25) is 0 Å². The molecule has 2 rings (SSSR count). The highest BCUT2D eigenvalue weighted by Gasteiger charge is 2.04. The van der Waals surface area contributed by atoms with Crippen molar-refractivity contribution in [1.29, 1.82) is 0 Å². The second kappa shape index (κ2) is 6.66. The van der Waals surface area contributed by atoms with Crippen LogP contribution in [-0.2, 0) is 0 Å². The number of hydrogen-bond acceptors (Lipinski definition) is 2. The van der Waals surface area contributed by atoms with Crippen molar-refractivity contribution in [2.45, 2.75) is 19.8 Å². The standard InChI is InChI=1S/C17H18N2O/c1-13-8-10-16(11-9-13)17(20)19-18-12-14(2)15-6-4-3-5-7-15/h3-12,14H,1-2H3,(H,19,20)/b18-12-/t14-/m0/s1. The monoisotopic (exact) mass is 266 g/mol. The molecule has 20 heavy (non-hydrogen) atoms. The van der Waals surface area contributed by atoms with Crippen molar-refractivity contribution in [3.05, 3.63) is 71.3 Å². The maximum atomic E-state index is 11.8. The molecule has 0 aliphatic rings. The third-order valence-electron chi connectivity index (χ3n) is 3.10. The van der Waals surface area contributed by atoms with Gasteiger partial charge in [-0.3, -0.25) is 4.79 Å². The van der Waals surface area contributed by atoms with Crippen molar-refractivity contribution in [1.82, 2.24) is 5.43 Å². The number of carbonyl (C=O) groups excluding carboxylic acids is 1. The van der Waals surface area contributed by atoms with E-state index in [-0.39, 0.29) is 11.8 Å². The molecule has 0 aromatic heterocycles. The lowest BCUT2D eigenvalue weighted by atomic mass is 10.0. The van der Waals surface area contributed by atoms with Gasteiger partial charge in [-0.2, -0.15) is 5.10 Å². The molecule has 3 nitrogen and oxygen atoms in total. The second-order valence-corrected chi connectivity index (χ2v) is 4.78. The number of rotatable bonds is 4. The summed E-state index contributed by atoms with van der Waals surface area (Å²) in [6.45, 7) is 4.03. The molecule has 102 valence electrons. The van der Waals surface area contributed by atoms with Gasteiger partial charge in [-0.25, -0.2) is 5.43 Å². The van der Waals surface area contributed by atoms with Gasteiger partial charge in [0.05, 0.1) is 0 Å². The van der Waals surface area contributed by atoms with E-state index in [0.717, 1.165) is 5.56 Å². The van der Waals surface area contributed by atoms with Crippen molar-refractivity contribution >= 4 is 12.1 Å². The van der Waals surface area contributed by atoms with Crippen LogP contribution < -0.4 is 5.43 Å². The Morgan fingerprint density at radius 1 is 1.10 bits per heavy atom. The van der Waals surface area contributed by atoms with Crippen LogP contribution in [0.15, 0.2) is 59.7 Å². The molecule has 0 aliphatic carbocycles. The van der Waals surface area contributed by atoms with Crippen LogP contribution in [0.25, 0.3) is 0 Å². The fraction of sp³-hybridized carbons (Fsp3) is 0.176. The molecule has 3 heteroatoms. The molecule has 0 heterocycles. The average Bonchev–Trinajstić information content (AvgIpc) is 2.48. The predicted molar refractivity (Wildman–Crippen MR) is 82.0 cm³/mol. The van der Waals surface area contributed by atoms with E-state index < -0.39 is 0 Å². The number of nitrogens with zero attached hydrogens (tertiary/aromatic N) is 1. The van der Waals surface area contributed by atoms with Gasteiger partial charge in [0.25, 0.3) is 5.91 Å². The lowest BCUT2D eigenvalue weighted by Gasteiger charge is -2.05. The molecule has 2 aromatic carbocycles. The molecule has 1 N–H and O–H groups in total. The van der Waals surface area contributed by atoms with Crippen LogP contribution in [0.3, 0.4) is 0 Å². The molecule has 1 amide bonds. The van der Waals surface area contributed by atoms with E-state index in [1.807, 2.05) is 56.3 Å². The van der Waals surface area contributed by atoms with Gasteiger partial charge in [0.1, 0.15) is 0 Å². The first kappa shape index (κ1) is 14.0. The number of nitrogens with one attached hydrogen (secondary N) is 1. The quantitative estimate of drug-likeness (QED) is 0.667. The summed E-state index contributed by atoms with van der Waals surface area (Å²) in [5.74, 6) is -0.0315. The topological polar surface area (TPSA) is 41.5 Å². The second-order valence-electron chi connectivity index (χ2n) is 4.78. The Balaban J connectivity index is 1.93. The molecule has 0 saturated carbocycles. The van der Waals surface area contributed by atoms with Gasteiger partial charge in [-0.15, -0.1) is 0 Å². The molecule has 0 fully saturated rings. The summed E-state index contributed by atoms with van der Waals surface area (Å²) >= 11 is 0. The van der Waals surface area contributed by atoms with Crippen LogP contribution in [0.1, 0.15) is 34.3 Å². The van der Waals surface area contributed by atoms with E-state index in [2.05, 4.69) is 10.5 Å². The third kappa shape index (κ3) is 3.79. The summed E-state index contributed by atoms with van der Waals surface area (Å²) in [4.78, 5) is 11.8. The zero-order valence-electron chi connectivity index (χ0n) is 11.7. The molecule has 1 atom stereocenters. The first-order chi connectivity index (χ1) is 9.66. The van der Waals surface area contributed by atoms with E-state index in [1.165, 1.54) is 5.56 Å². The third-order valence-corrected chi connectivity index (χ3v) is 3.10. The molecule has 0 spiro atoms. The van der Waals surface area contributed by atoms with Gasteiger partial charge in [-0.1, -0.05) is 55.0 Å². The Labute approximate surface area is 119 Å². The number of benzene rings is 2. The van der Waals surface area contributed by atoms with Crippen LogP contribution in [0.4, 0.5) is 0 Å². The van der Waals surface area contributed by atoms with Gasteiger partial charge in [0.15, 0.2) is 0 Å². The maximum Gasteiger partial charge on any atom is 0.271 e. The molecule has 0 bridgehead atoms. The number of hydrazone groups is 1. The first-order valence-electron chi connectivity index (χ1n) is 6.62. The number of carbonyl (C=O) groups is 1. The van der Waals surface area contributed by atoms with Gasteiger partial charge in [0, 0.05) is 17.7 Å². The average molecular weight is 266 g/mol. The molecule has 0 aliphatic heterocycles. The Morgan fingerprint density at radius 2 is 1.75 bits per heavy atom. The molecule has 0 radical (unpaired) electrons. The van der Waals surface area contributed by atoms with Gasteiger partial charge in [0.2, 0.25) is 0 Å². The zero-order valence-corrected chi connectivity index (χ0v) is 11.7. The van der Waals surface area contributed by atoms with Gasteiger partial charge >= 0.3 is 0 Å². The highest BCUT2D eigenvalue weighted by atomic mass is 16.2. The lowest BCUT2D eigenvalue weighted by molar-refractivity contribution is 0.0955. The minimum atomic E-state index is -0.193. The lowest BCUT2D eigenvalue weighted by Crippen LogP contribution is -2.18. The Morgan fingerprint density at radius 3 is 2.40 bits per heavy atom. The molecule has 2 aromatic rings. The number of amides is 1. The number of hydrogen-bond donors (Lipinski definition) is 1. The van der Waals surface area contributed by atoms with Crippen molar-refractivity contribution in [3.8, 4) is 0 Å². The zero-order chi connectivity index (χ0) is 14.4. The summed E-state index contributed by atoms with van der Waals surface area (Å²) in [5, 5.41) is 4.02. The molecular formula is C17H18N2O. The first-order valence-corrected chi connectivity index (χ1v) is 6.62. The SMILES string of the molecule is Cc1ccc(C(=O)N/N=C\[C@H](C)c2ccccc2)cc1. The predicted octanol–water partition coefficient (Wildman–Crippen LogP) is 3.51. The summed E-state index contributed by atoms with van der Waals surface area (Å²) in [6, 6.07) is 17.4. The highest BCUT2D eigenvalue weighted by molar-refractivity contribution is 5.94.